The number of para-hydroxylation sites is 1. The fourth-order valence-electron chi connectivity index (χ4n) is 6.57. The van der Waals surface area contributed by atoms with Crippen molar-refractivity contribution >= 4 is 53.9 Å². The molecule has 0 radical (unpaired) electrons. The average Bonchev–Trinajstić information content (AvgIpc) is 3.58. The van der Waals surface area contributed by atoms with Crippen LogP contribution in [0.1, 0.15) is 5.56 Å². The van der Waals surface area contributed by atoms with E-state index in [0.29, 0.717) is 5.56 Å². The van der Waals surface area contributed by atoms with Gasteiger partial charge in [-0.15, -0.1) is 11.3 Å². The molecule has 0 amide bonds. The Morgan fingerprint density at radius 2 is 0.872 bits per heavy atom. The molecular formula is C44H26N2S. The summed E-state index contributed by atoms with van der Waals surface area (Å²) in [6.45, 7) is 0. The third kappa shape index (κ3) is 4.93. The van der Waals surface area contributed by atoms with Gasteiger partial charge in [0.25, 0.3) is 0 Å². The normalized spacial score (nSPS) is 11.4. The number of hydrogen-bond acceptors (Lipinski definition) is 3. The summed E-state index contributed by atoms with van der Waals surface area (Å²) >= 11 is 1.74. The van der Waals surface area contributed by atoms with Crippen molar-refractivity contribution in [2.75, 3.05) is 0 Å². The van der Waals surface area contributed by atoms with Gasteiger partial charge in [-0.1, -0.05) is 109 Å². The monoisotopic (exact) mass is 614 g/mol. The molecule has 1 aromatic heterocycles. The van der Waals surface area contributed by atoms with E-state index in [1.54, 1.807) is 11.3 Å². The Kier molecular flexibility index (Phi) is 6.42. The number of benzene rings is 8. The zero-order valence-corrected chi connectivity index (χ0v) is 26.1. The quantitative estimate of drug-likeness (QED) is 0.185. The molecule has 9 rings (SSSR count). The topological polar surface area (TPSA) is 36.7 Å². The van der Waals surface area contributed by atoms with Crippen LogP contribution in [0.25, 0.3) is 86.5 Å². The highest BCUT2D eigenvalue weighted by molar-refractivity contribution is 7.21. The number of rotatable bonds is 4. The first kappa shape index (κ1) is 27.2. The molecule has 0 aliphatic rings. The maximum Gasteiger partial charge on any atom is 0.124 e. The Morgan fingerprint density at radius 3 is 1.45 bits per heavy atom. The standard InChI is InChI=1S/C44H26N2S/c45-27-28-5-7-29(8-6-28)33-19-21-40-38(25-33)17-18-39-26-37(20-22-41(39)40)36-16-15-34-23-32(13-14-35(34)24-36)30-9-11-31(12-10-30)44-46-42-3-1-2-4-43(42)47-44/h1-26H. The second kappa shape index (κ2) is 11.1. The lowest BCUT2D eigenvalue weighted by molar-refractivity contribution is 1.48. The van der Waals surface area contributed by atoms with Crippen LogP contribution in [0.2, 0.25) is 0 Å². The summed E-state index contributed by atoms with van der Waals surface area (Å²) in [4.78, 5) is 4.82. The number of aromatic nitrogens is 1. The van der Waals surface area contributed by atoms with Gasteiger partial charge in [-0.2, -0.15) is 5.26 Å². The van der Waals surface area contributed by atoms with E-state index in [9.17, 15) is 0 Å². The summed E-state index contributed by atoms with van der Waals surface area (Å²) in [5, 5.41) is 17.6. The van der Waals surface area contributed by atoms with Gasteiger partial charge in [0.2, 0.25) is 0 Å². The van der Waals surface area contributed by atoms with Gasteiger partial charge in [0, 0.05) is 5.56 Å². The summed E-state index contributed by atoms with van der Waals surface area (Å²) in [5.74, 6) is 0. The van der Waals surface area contributed by atoms with E-state index >= 15 is 0 Å². The molecule has 8 aromatic carbocycles. The number of thiazole rings is 1. The molecule has 0 saturated carbocycles. The minimum atomic E-state index is 0.676. The Balaban J connectivity index is 0.992. The van der Waals surface area contributed by atoms with Gasteiger partial charge in [-0.05, 0) is 114 Å². The second-order valence-electron chi connectivity index (χ2n) is 12.0. The molecule has 47 heavy (non-hydrogen) atoms. The van der Waals surface area contributed by atoms with Crippen molar-refractivity contribution in [1.29, 1.82) is 5.26 Å². The Morgan fingerprint density at radius 1 is 0.426 bits per heavy atom. The molecule has 0 saturated heterocycles. The fraction of sp³-hybridized carbons (Fsp3) is 0. The van der Waals surface area contributed by atoms with Crippen LogP contribution in [0.3, 0.4) is 0 Å². The highest BCUT2D eigenvalue weighted by atomic mass is 32.1. The van der Waals surface area contributed by atoms with Crippen LogP contribution in [0.5, 0.6) is 0 Å². The lowest BCUT2D eigenvalue weighted by atomic mass is 9.94. The van der Waals surface area contributed by atoms with Gasteiger partial charge < -0.3 is 0 Å². The SMILES string of the molecule is N#Cc1ccc(-c2ccc3c(ccc4cc(-c5ccc6cc(-c7ccc(-c8nc9ccccc9s8)cc7)ccc6c5)ccc43)c2)cc1. The van der Waals surface area contributed by atoms with Crippen LogP contribution in [-0.2, 0) is 0 Å². The van der Waals surface area contributed by atoms with Gasteiger partial charge in [0.1, 0.15) is 5.01 Å². The number of fused-ring (bicyclic) bond motifs is 5. The first-order valence-electron chi connectivity index (χ1n) is 15.7. The molecule has 0 fully saturated rings. The van der Waals surface area contributed by atoms with Gasteiger partial charge in [0.15, 0.2) is 0 Å². The van der Waals surface area contributed by atoms with Crippen LogP contribution in [0.15, 0.2) is 158 Å². The summed E-state index contributed by atoms with van der Waals surface area (Å²) < 4.78 is 1.22. The van der Waals surface area contributed by atoms with E-state index in [0.717, 1.165) is 27.2 Å². The van der Waals surface area contributed by atoms with Crippen LogP contribution < -0.4 is 0 Å². The first-order chi connectivity index (χ1) is 23.2. The molecule has 1 heterocycles. The summed E-state index contributed by atoms with van der Waals surface area (Å²) in [5.41, 5.74) is 9.98. The van der Waals surface area contributed by atoms with Crippen molar-refractivity contribution < 1.29 is 0 Å². The smallest absolute Gasteiger partial charge is 0.124 e. The van der Waals surface area contributed by atoms with Crippen LogP contribution in [0.4, 0.5) is 0 Å². The maximum absolute atomic E-state index is 9.13. The Labute approximate surface area is 276 Å². The molecule has 0 spiro atoms. The lowest BCUT2D eigenvalue weighted by Gasteiger charge is -2.10. The lowest BCUT2D eigenvalue weighted by Crippen LogP contribution is -1.84. The highest BCUT2D eigenvalue weighted by Gasteiger charge is 2.09. The molecule has 218 valence electrons. The minimum Gasteiger partial charge on any atom is -0.236 e. The number of nitriles is 1. The van der Waals surface area contributed by atoms with Gasteiger partial charge in [-0.25, -0.2) is 4.98 Å². The van der Waals surface area contributed by atoms with Crippen molar-refractivity contribution in [3.8, 4) is 50.0 Å². The number of hydrogen-bond donors (Lipinski definition) is 0. The van der Waals surface area contributed by atoms with Crippen molar-refractivity contribution in [3.63, 3.8) is 0 Å². The molecule has 2 nitrogen and oxygen atoms in total. The van der Waals surface area contributed by atoms with Crippen LogP contribution >= 0.6 is 11.3 Å². The van der Waals surface area contributed by atoms with E-state index < -0.39 is 0 Å². The summed E-state index contributed by atoms with van der Waals surface area (Å²) in [6, 6.07) is 58.4. The third-order valence-electron chi connectivity index (χ3n) is 9.12. The number of nitrogens with zero attached hydrogens (tertiary/aromatic N) is 2. The average molecular weight is 615 g/mol. The second-order valence-corrected chi connectivity index (χ2v) is 13.0. The van der Waals surface area contributed by atoms with Crippen LogP contribution in [-0.4, -0.2) is 4.98 Å². The van der Waals surface area contributed by atoms with Crippen molar-refractivity contribution in [1.82, 2.24) is 4.98 Å². The van der Waals surface area contributed by atoms with Gasteiger partial charge in [0.05, 0.1) is 21.8 Å². The molecule has 3 heteroatoms. The summed E-state index contributed by atoms with van der Waals surface area (Å²) in [6.07, 6.45) is 0. The van der Waals surface area contributed by atoms with Crippen LogP contribution in [0, 0.1) is 11.3 Å². The molecule has 0 unspecified atom stereocenters. The largest absolute Gasteiger partial charge is 0.236 e. The molecule has 0 aliphatic heterocycles. The molecule has 9 aromatic rings. The van der Waals surface area contributed by atoms with E-state index in [2.05, 4.69) is 133 Å². The molecule has 0 aliphatic carbocycles. The van der Waals surface area contributed by atoms with Crippen molar-refractivity contribution in [2.24, 2.45) is 0 Å². The zero-order valence-electron chi connectivity index (χ0n) is 25.3. The molecule has 0 bridgehead atoms. The van der Waals surface area contributed by atoms with Gasteiger partial charge >= 0.3 is 0 Å². The van der Waals surface area contributed by atoms with Gasteiger partial charge in [-0.3, -0.25) is 0 Å². The Bertz CT molecular complexity index is 2640. The fourth-order valence-corrected chi connectivity index (χ4v) is 7.54. The van der Waals surface area contributed by atoms with Crippen molar-refractivity contribution in [2.45, 2.75) is 0 Å². The third-order valence-corrected chi connectivity index (χ3v) is 10.2. The highest BCUT2D eigenvalue weighted by Crippen LogP contribution is 2.35. The predicted octanol–water partition coefficient (Wildman–Crippen LogP) is 12.3. The first-order valence-corrected chi connectivity index (χ1v) is 16.5. The van der Waals surface area contributed by atoms with E-state index in [1.807, 2.05) is 30.3 Å². The van der Waals surface area contributed by atoms with E-state index in [-0.39, 0.29) is 0 Å². The van der Waals surface area contributed by atoms with E-state index in [4.69, 9.17) is 10.2 Å². The maximum atomic E-state index is 9.13. The summed E-state index contributed by atoms with van der Waals surface area (Å²) in [7, 11) is 0. The minimum absolute atomic E-state index is 0.676. The molecule has 0 N–H and O–H groups in total. The van der Waals surface area contributed by atoms with E-state index in [1.165, 1.54) is 59.3 Å². The molecular weight excluding hydrogens is 589 g/mol. The Hall–Kier alpha value is -6.08. The van der Waals surface area contributed by atoms with Crippen molar-refractivity contribution in [3.05, 3.63) is 163 Å². The molecule has 0 atom stereocenters. The zero-order chi connectivity index (χ0) is 31.3. The predicted molar refractivity (Wildman–Crippen MR) is 199 cm³/mol.